The average Bonchev–Trinajstić information content (AvgIpc) is 2.50. The first-order valence-electron chi connectivity index (χ1n) is 6.52. The predicted molar refractivity (Wildman–Crippen MR) is 83.4 cm³/mol. The number of hydrogen-bond donors (Lipinski definition) is 1. The van der Waals surface area contributed by atoms with Crippen molar-refractivity contribution in [2.75, 3.05) is 5.43 Å². The van der Waals surface area contributed by atoms with Gasteiger partial charge in [-0.05, 0) is 26.0 Å². The summed E-state index contributed by atoms with van der Waals surface area (Å²) in [5, 5.41) is 13.0. The maximum atomic E-state index is 12.2. The number of nitrogens with one attached hydrogen (secondary N) is 1. The van der Waals surface area contributed by atoms with E-state index in [0.717, 1.165) is 16.8 Å². The fourth-order valence-corrected chi connectivity index (χ4v) is 1.72. The molecule has 0 heterocycles. The van der Waals surface area contributed by atoms with Gasteiger partial charge < -0.3 is 0 Å². The maximum Gasteiger partial charge on any atom is 0.223 e. The van der Waals surface area contributed by atoms with Crippen LogP contribution < -0.4 is 5.43 Å². The van der Waals surface area contributed by atoms with Gasteiger partial charge in [-0.25, -0.2) is 0 Å². The number of nitriles is 1. The fourth-order valence-electron chi connectivity index (χ4n) is 1.72. The standard InChI is InChI=1S/C17H15N3O/c1-12-3-7-14(8-4-12)17(21)16(11-18)20-19-15-9-5-13(2)6-10-15/h3-10,19H,1-2H3/b20-16+. The maximum absolute atomic E-state index is 12.2. The van der Waals surface area contributed by atoms with Crippen LogP contribution in [-0.2, 0) is 0 Å². The molecule has 4 heteroatoms. The summed E-state index contributed by atoms with van der Waals surface area (Å²) in [6.07, 6.45) is 0. The molecule has 1 N–H and O–H groups in total. The second-order valence-electron chi connectivity index (χ2n) is 4.75. The largest absolute Gasteiger partial charge is 0.286 e. The zero-order valence-electron chi connectivity index (χ0n) is 11.9. The third kappa shape index (κ3) is 3.77. The number of rotatable bonds is 4. The molecule has 2 aromatic carbocycles. The molecular weight excluding hydrogens is 262 g/mol. The number of carbonyl (C=O) groups excluding carboxylic acids is 1. The number of hydrazone groups is 1. The minimum Gasteiger partial charge on any atom is -0.286 e. The first-order chi connectivity index (χ1) is 10.1. The van der Waals surface area contributed by atoms with Crippen LogP contribution in [0.3, 0.4) is 0 Å². The number of ketones is 1. The van der Waals surface area contributed by atoms with Gasteiger partial charge in [0.1, 0.15) is 6.07 Å². The molecule has 0 spiro atoms. The van der Waals surface area contributed by atoms with Crippen molar-refractivity contribution in [2.24, 2.45) is 5.10 Å². The molecule has 21 heavy (non-hydrogen) atoms. The van der Waals surface area contributed by atoms with E-state index in [1.165, 1.54) is 0 Å². The molecule has 0 radical (unpaired) electrons. The van der Waals surface area contributed by atoms with Crippen LogP contribution in [0.2, 0.25) is 0 Å². The summed E-state index contributed by atoms with van der Waals surface area (Å²) in [7, 11) is 0. The van der Waals surface area contributed by atoms with Gasteiger partial charge in [0.2, 0.25) is 11.5 Å². The van der Waals surface area contributed by atoms with Crippen molar-refractivity contribution in [3.05, 3.63) is 65.2 Å². The molecule has 0 saturated carbocycles. The zero-order valence-corrected chi connectivity index (χ0v) is 11.9. The molecule has 2 aromatic rings. The van der Waals surface area contributed by atoms with E-state index in [2.05, 4.69) is 10.5 Å². The molecule has 0 atom stereocenters. The molecule has 0 saturated heterocycles. The summed E-state index contributed by atoms with van der Waals surface area (Å²) in [6.45, 7) is 3.92. The van der Waals surface area contributed by atoms with Gasteiger partial charge >= 0.3 is 0 Å². The van der Waals surface area contributed by atoms with Crippen LogP contribution in [0.5, 0.6) is 0 Å². The summed E-state index contributed by atoms with van der Waals surface area (Å²) in [5.74, 6) is -0.392. The minimum atomic E-state index is -0.392. The fraction of sp³-hybridized carbons (Fsp3) is 0.118. The van der Waals surface area contributed by atoms with Crippen molar-refractivity contribution >= 4 is 17.2 Å². The molecule has 0 amide bonds. The lowest BCUT2D eigenvalue weighted by atomic mass is 10.1. The molecule has 0 aliphatic heterocycles. The number of hydrogen-bond acceptors (Lipinski definition) is 4. The molecule has 2 rings (SSSR count). The average molecular weight is 277 g/mol. The topological polar surface area (TPSA) is 65.2 Å². The Bertz CT molecular complexity index is 707. The van der Waals surface area contributed by atoms with Crippen molar-refractivity contribution in [3.8, 4) is 6.07 Å². The van der Waals surface area contributed by atoms with Crippen molar-refractivity contribution in [1.29, 1.82) is 5.26 Å². The lowest BCUT2D eigenvalue weighted by molar-refractivity contribution is 0.106. The lowest BCUT2D eigenvalue weighted by Gasteiger charge is -2.02. The van der Waals surface area contributed by atoms with Crippen LogP contribution >= 0.6 is 0 Å². The molecule has 0 bridgehead atoms. The normalized spacial score (nSPS) is 10.8. The Morgan fingerprint density at radius 2 is 1.52 bits per heavy atom. The van der Waals surface area contributed by atoms with Crippen molar-refractivity contribution in [1.82, 2.24) is 0 Å². The Kier molecular flexibility index (Phi) is 4.47. The summed E-state index contributed by atoms with van der Waals surface area (Å²) in [4.78, 5) is 12.2. The van der Waals surface area contributed by atoms with E-state index in [0.29, 0.717) is 5.56 Å². The SMILES string of the molecule is Cc1ccc(N/N=C(\C#N)C(=O)c2ccc(C)cc2)cc1. The van der Waals surface area contributed by atoms with Gasteiger partial charge in [-0.2, -0.15) is 10.4 Å². The smallest absolute Gasteiger partial charge is 0.223 e. The van der Waals surface area contributed by atoms with E-state index in [1.54, 1.807) is 12.1 Å². The van der Waals surface area contributed by atoms with Crippen LogP contribution in [0, 0.1) is 25.2 Å². The van der Waals surface area contributed by atoms with Gasteiger partial charge in [0.05, 0.1) is 5.69 Å². The Morgan fingerprint density at radius 1 is 1.00 bits per heavy atom. The Morgan fingerprint density at radius 3 is 2.05 bits per heavy atom. The number of anilines is 1. The Hall–Kier alpha value is -2.93. The van der Waals surface area contributed by atoms with Crippen LogP contribution in [0.1, 0.15) is 21.5 Å². The molecule has 0 fully saturated rings. The predicted octanol–water partition coefficient (Wildman–Crippen LogP) is 3.48. The minimum absolute atomic E-state index is 0.167. The van der Waals surface area contributed by atoms with Crippen molar-refractivity contribution < 1.29 is 4.79 Å². The van der Waals surface area contributed by atoms with Gasteiger partial charge in [0.25, 0.3) is 0 Å². The molecular formula is C17H15N3O. The zero-order chi connectivity index (χ0) is 15.2. The van der Waals surface area contributed by atoms with Crippen LogP contribution in [0.4, 0.5) is 5.69 Å². The van der Waals surface area contributed by atoms with Gasteiger partial charge in [0.15, 0.2) is 0 Å². The first-order valence-corrected chi connectivity index (χ1v) is 6.52. The highest BCUT2D eigenvalue weighted by Gasteiger charge is 2.13. The van der Waals surface area contributed by atoms with E-state index in [4.69, 9.17) is 5.26 Å². The summed E-state index contributed by atoms with van der Waals surface area (Å²) >= 11 is 0. The monoisotopic (exact) mass is 277 g/mol. The van der Waals surface area contributed by atoms with Crippen LogP contribution in [0.15, 0.2) is 53.6 Å². The lowest BCUT2D eigenvalue weighted by Crippen LogP contribution is -2.14. The number of benzene rings is 2. The van der Waals surface area contributed by atoms with E-state index in [-0.39, 0.29) is 5.71 Å². The number of aryl methyl sites for hydroxylation is 2. The molecule has 0 aliphatic carbocycles. The first kappa shape index (κ1) is 14.5. The summed E-state index contributed by atoms with van der Waals surface area (Å²) in [5.41, 5.74) is 5.92. The Balaban J connectivity index is 2.17. The molecule has 0 aliphatic rings. The second kappa shape index (κ2) is 6.49. The van der Waals surface area contributed by atoms with Crippen molar-refractivity contribution in [3.63, 3.8) is 0 Å². The molecule has 104 valence electrons. The molecule has 0 unspecified atom stereocenters. The van der Waals surface area contributed by atoms with E-state index < -0.39 is 5.78 Å². The van der Waals surface area contributed by atoms with E-state index >= 15 is 0 Å². The van der Waals surface area contributed by atoms with Crippen LogP contribution in [-0.4, -0.2) is 11.5 Å². The van der Waals surface area contributed by atoms with Crippen molar-refractivity contribution in [2.45, 2.75) is 13.8 Å². The van der Waals surface area contributed by atoms with Gasteiger partial charge in [-0.15, -0.1) is 0 Å². The number of Topliss-reactive ketones (excluding diaryl/α,β-unsaturated/α-hetero) is 1. The van der Waals surface area contributed by atoms with E-state index in [1.807, 2.05) is 56.3 Å². The second-order valence-corrected chi connectivity index (χ2v) is 4.75. The summed E-state index contributed by atoms with van der Waals surface area (Å²) in [6, 6.07) is 16.4. The third-order valence-corrected chi connectivity index (χ3v) is 2.98. The van der Waals surface area contributed by atoms with Gasteiger partial charge in [0, 0.05) is 5.56 Å². The Labute approximate surface area is 123 Å². The highest BCUT2D eigenvalue weighted by molar-refractivity contribution is 6.51. The van der Waals surface area contributed by atoms with E-state index in [9.17, 15) is 4.79 Å². The number of nitrogens with zero attached hydrogens (tertiary/aromatic N) is 2. The molecule has 0 aromatic heterocycles. The van der Waals surface area contributed by atoms with Gasteiger partial charge in [-0.3, -0.25) is 10.2 Å². The molecule has 4 nitrogen and oxygen atoms in total. The van der Waals surface area contributed by atoms with Gasteiger partial charge in [-0.1, -0.05) is 47.5 Å². The summed E-state index contributed by atoms with van der Waals surface area (Å²) < 4.78 is 0. The quantitative estimate of drug-likeness (QED) is 0.528. The highest BCUT2D eigenvalue weighted by atomic mass is 16.1. The van der Waals surface area contributed by atoms with Crippen LogP contribution in [0.25, 0.3) is 0 Å². The number of carbonyl (C=O) groups is 1. The highest BCUT2D eigenvalue weighted by Crippen LogP contribution is 2.09. The third-order valence-electron chi connectivity index (χ3n) is 2.98.